The predicted molar refractivity (Wildman–Crippen MR) is 90.1 cm³/mol. The van der Waals surface area contributed by atoms with Gasteiger partial charge < -0.3 is 0 Å². The highest BCUT2D eigenvalue weighted by atomic mass is 32.2. The number of amides is 1. The van der Waals surface area contributed by atoms with Crippen LogP contribution in [0.4, 0.5) is 0 Å². The van der Waals surface area contributed by atoms with E-state index in [1.165, 1.54) is 31.2 Å². The molecule has 126 valence electrons. The fourth-order valence-corrected chi connectivity index (χ4v) is 2.84. The number of hydrogen-bond donors (Lipinski definition) is 2. The Balaban J connectivity index is 2.05. The zero-order valence-corrected chi connectivity index (χ0v) is 14.2. The molecule has 0 bridgehead atoms. The van der Waals surface area contributed by atoms with Crippen LogP contribution >= 0.6 is 0 Å². The lowest BCUT2D eigenvalue weighted by Crippen LogP contribution is -2.41. The molecule has 6 nitrogen and oxygen atoms in total. The van der Waals surface area contributed by atoms with E-state index in [0.717, 1.165) is 12.0 Å². The van der Waals surface area contributed by atoms with E-state index in [1.54, 1.807) is 12.1 Å². The van der Waals surface area contributed by atoms with Crippen LogP contribution in [-0.4, -0.2) is 20.1 Å². The van der Waals surface area contributed by atoms with Crippen molar-refractivity contribution in [1.82, 2.24) is 10.3 Å². The minimum atomic E-state index is -3.91. The average molecular weight is 346 g/mol. The normalized spacial score (nSPS) is 11.1. The standard InChI is InChI=1S/C17H18N2O4S/c1-3-13-4-6-15(7-5-13)17(21)18-19-24(22,23)16-10-8-14(9-11-16)12(2)20/h4-11,19H,3H2,1-2H3,(H,18,21). The number of aryl methyl sites for hydroxylation is 1. The first-order chi connectivity index (χ1) is 11.3. The number of rotatable bonds is 6. The molecule has 1 amide bonds. The molecule has 0 aliphatic carbocycles. The Kier molecular flexibility index (Phi) is 5.48. The number of benzene rings is 2. The maximum atomic E-state index is 12.1. The smallest absolute Gasteiger partial charge is 0.266 e. The monoisotopic (exact) mass is 346 g/mol. The van der Waals surface area contributed by atoms with Crippen molar-refractivity contribution in [1.29, 1.82) is 0 Å². The van der Waals surface area contributed by atoms with Gasteiger partial charge in [-0.05, 0) is 43.2 Å². The van der Waals surface area contributed by atoms with E-state index in [0.29, 0.717) is 11.1 Å². The molecule has 2 aromatic rings. The molecule has 0 saturated heterocycles. The predicted octanol–water partition coefficient (Wildman–Crippen LogP) is 2.07. The summed E-state index contributed by atoms with van der Waals surface area (Å²) < 4.78 is 24.3. The van der Waals surface area contributed by atoms with Crippen molar-refractivity contribution in [2.24, 2.45) is 0 Å². The van der Waals surface area contributed by atoms with Gasteiger partial charge >= 0.3 is 0 Å². The summed E-state index contributed by atoms with van der Waals surface area (Å²) in [5, 5.41) is 0. The van der Waals surface area contributed by atoms with Crippen LogP contribution in [0.15, 0.2) is 53.4 Å². The maximum absolute atomic E-state index is 12.1. The van der Waals surface area contributed by atoms with Crippen molar-refractivity contribution in [3.8, 4) is 0 Å². The van der Waals surface area contributed by atoms with E-state index in [-0.39, 0.29) is 10.7 Å². The number of hydrazine groups is 1. The van der Waals surface area contributed by atoms with Gasteiger partial charge in [0, 0.05) is 11.1 Å². The van der Waals surface area contributed by atoms with Crippen LogP contribution in [0.1, 0.15) is 40.1 Å². The Labute approximate surface area is 140 Å². The summed E-state index contributed by atoms with van der Waals surface area (Å²) >= 11 is 0. The minimum Gasteiger partial charge on any atom is -0.295 e. The lowest BCUT2D eigenvalue weighted by Gasteiger charge is -2.09. The molecule has 2 rings (SSSR count). The van der Waals surface area contributed by atoms with E-state index in [9.17, 15) is 18.0 Å². The SMILES string of the molecule is CCc1ccc(C(=O)NNS(=O)(=O)c2ccc(C(C)=O)cc2)cc1. The first-order valence-corrected chi connectivity index (χ1v) is 8.84. The van der Waals surface area contributed by atoms with Crippen LogP contribution in [0.3, 0.4) is 0 Å². The third-order valence-corrected chi connectivity index (χ3v) is 4.76. The summed E-state index contributed by atoms with van der Waals surface area (Å²) in [4.78, 5) is 25.2. The van der Waals surface area contributed by atoms with E-state index in [2.05, 4.69) is 5.43 Å². The van der Waals surface area contributed by atoms with Gasteiger partial charge in [0.15, 0.2) is 5.78 Å². The van der Waals surface area contributed by atoms with Crippen LogP contribution < -0.4 is 10.3 Å². The summed E-state index contributed by atoms with van der Waals surface area (Å²) in [5.74, 6) is -0.711. The first-order valence-electron chi connectivity index (χ1n) is 7.35. The Morgan fingerprint density at radius 1 is 0.917 bits per heavy atom. The second-order valence-electron chi connectivity index (χ2n) is 5.19. The summed E-state index contributed by atoms with van der Waals surface area (Å²) in [6, 6.07) is 12.3. The zero-order chi connectivity index (χ0) is 17.7. The highest BCUT2D eigenvalue weighted by Gasteiger charge is 2.16. The number of nitrogens with one attached hydrogen (secondary N) is 2. The third kappa shape index (κ3) is 4.27. The third-order valence-electron chi connectivity index (χ3n) is 3.49. The van der Waals surface area contributed by atoms with Crippen molar-refractivity contribution < 1.29 is 18.0 Å². The van der Waals surface area contributed by atoms with Crippen molar-refractivity contribution in [3.63, 3.8) is 0 Å². The molecule has 0 radical (unpaired) electrons. The Morgan fingerprint density at radius 2 is 1.46 bits per heavy atom. The molecule has 0 aromatic heterocycles. The molecule has 0 spiro atoms. The van der Waals surface area contributed by atoms with Crippen LogP contribution in [0.5, 0.6) is 0 Å². The number of carbonyl (C=O) groups excluding carboxylic acids is 2. The molecule has 0 aliphatic rings. The van der Waals surface area contributed by atoms with Gasteiger partial charge in [-0.15, -0.1) is 4.83 Å². The molecular weight excluding hydrogens is 328 g/mol. The van der Waals surface area contributed by atoms with Gasteiger partial charge in [0.1, 0.15) is 0 Å². The average Bonchev–Trinajstić information content (AvgIpc) is 2.60. The molecule has 0 saturated carbocycles. The number of ketones is 1. The summed E-state index contributed by atoms with van der Waals surface area (Å²) in [5.41, 5.74) is 4.01. The van der Waals surface area contributed by atoms with Crippen molar-refractivity contribution in [3.05, 3.63) is 65.2 Å². The van der Waals surface area contributed by atoms with Crippen molar-refractivity contribution in [2.45, 2.75) is 25.2 Å². The van der Waals surface area contributed by atoms with Crippen molar-refractivity contribution in [2.75, 3.05) is 0 Å². The molecule has 0 heterocycles. The van der Waals surface area contributed by atoms with Gasteiger partial charge in [-0.2, -0.15) is 0 Å². The Hall–Kier alpha value is -2.51. The lowest BCUT2D eigenvalue weighted by atomic mass is 10.1. The first kappa shape index (κ1) is 17.8. The van der Waals surface area contributed by atoms with E-state index in [1.807, 2.05) is 23.9 Å². The minimum absolute atomic E-state index is 0.0471. The second kappa shape index (κ2) is 7.37. The summed E-state index contributed by atoms with van der Waals surface area (Å²) in [7, 11) is -3.91. The number of sulfonamides is 1. The van der Waals surface area contributed by atoms with Crippen LogP contribution in [0.25, 0.3) is 0 Å². The topological polar surface area (TPSA) is 92.3 Å². The van der Waals surface area contributed by atoms with Crippen LogP contribution in [-0.2, 0) is 16.4 Å². The molecule has 24 heavy (non-hydrogen) atoms. The van der Waals surface area contributed by atoms with E-state index >= 15 is 0 Å². The molecule has 0 atom stereocenters. The quantitative estimate of drug-likeness (QED) is 0.619. The fourth-order valence-electron chi connectivity index (χ4n) is 2.01. The highest BCUT2D eigenvalue weighted by molar-refractivity contribution is 7.89. The van der Waals surface area contributed by atoms with Gasteiger partial charge in [-0.3, -0.25) is 15.0 Å². The summed E-state index contributed by atoms with van der Waals surface area (Å²) in [6.07, 6.45) is 0.852. The Bertz CT molecular complexity index is 841. The molecule has 2 aromatic carbocycles. The molecule has 7 heteroatoms. The van der Waals surface area contributed by atoms with E-state index in [4.69, 9.17) is 0 Å². The van der Waals surface area contributed by atoms with Gasteiger partial charge in [0.2, 0.25) is 0 Å². The van der Waals surface area contributed by atoms with Crippen molar-refractivity contribution >= 4 is 21.7 Å². The van der Waals surface area contributed by atoms with Crippen LogP contribution in [0.2, 0.25) is 0 Å². The molecule has 0 aliphatic heterocycles. The number of Topliss-reactive ketones (excluding diaryl/α,β-unsaturated/α-hetero) is 1. The highest BCUT2D eigenvalue weighted by Crippen LogP contribution is 2.11. The molecule has 2 N–H and O–H groups in total. The van der Waals surface area contributed by atoms with Gasteiger partial charge in [-0.1, -0.05) is 31.2 Å². The lowest BCUT2D eigenvalue weighted by molar-refractivity contribution is 0.0944. The van der Waals surface area contributed by atoms with E-state index < -0.39 is 15.9 Å². The largest absolute Gasteiger partial charge is 0.295 e. The number of carbonyl (C=O) groups is 2. The maximum Gasteiger partial charge on any atom is 0.266 e. The molecular formula is C17H18N2O4S. The van der Waals surface area contributed by atoms with Gasteiger partial charge in [0.25, 0.3) is 15.9 Å². The van der Waals surface area contributed by atoms with Gasteiger partial charge in [0.05, 0.1) is 4.90 Å². The zero-order valence-electron chi connectivity index (χ0n) is 13.4. The molecule has 0 unspecified atom stereocenters. The Morgan fingerprint density at radius 3 is 1.96 bits per heavy atom. The fraction of sp³-hybridized carbons (Fsp3) is 0.176. The second-order valence-corrected chi connectivity index (χ2v) is 6.87. The molecule has 0 fully saturated rings. The van der Waals surface area contributed by atoms with Crippen LogP contribution in [0, 0.1) is 0 Å². The number of hydrogen-bond acceptors (Lipinski definition) is 4. The van der Waals surface area contributed by atoms with Gasteiger partial charge in [-0.25, -0.2) is 8.42 Å². The summed E-state index contributed by atoms with van der Waals surface area (Å²) in [6.45, 7) is 3.40.